The van der Waals surface area contributed by atoms with Crippen LogP contribution in [0.5, 0.6) is 5.75 Å². The van der Waals surface area contributed by atoms with Gasteiger partial charge in [0, 0.05) is 12.2 Å². The first kappa shape index (κ1) is 13.3. The summed E-state index contributed by atoms with van der Waals surface area (Å²) >= 11 is 0. The van der Waals surface area contributed by atoms with E-state index in [2.05, 4.69) is 5.32 Å². The predicted octanol–water partition coefficient (Wildman–Crippen LogP) is -0.684. The van der Waals surface area contributed by atoms with Crippen LogP contribution in [0.2, 0.25) is 0 Å². The molecule has 0 aliphatic heterocycles. The maximum absolute atomic E-state index is 10.5. The normalized spacial score (nSPS) is 11.9. The van der Waals surface area contributed by atoms with Crippen LogP contribution in [0.15, 0.2) is 24.3 Å². The van der Waals surface area contributed by atoms with E-state index >= 15 is 0 Å². The Morgan fingerprint density at radius 2 is 2.06 bits per heavy atom. The van der Waals surface area contributed by atoms with Gasteiger partial charge in [0.2, 0.25) is 0 Å². The molecule has 1 aromatic rings. The van der Waals surface area contributed by atoms with E-state index in [9.17, 15) is 4.79 Å². The number of hydrogen-bond acceptors (Lipinski definition) is 5. The van der Waals surface area contributed by atoms with Crippen molar-refractivity contribution in [3.8, 4) is 5.75 Å². The number of ether oxygens (including phenoxy) is 1. The van der Waals surface area contributed by atoms with Crippen molar-refractivity contribution in [2.24, 2.45) is 5.73 Å². The van der Waals surface area contributed by atoms with E-state index in [0.29, 0.717) is 5.75 Å². The summed E-state index contributed by atoms with van der Waals surface area (Å²) in [5, 5.41) is 20.7. The number of benzene rings is 1. The van der Waals surface area contributed by atoms with Crippen molar-refractivity contribution in [2.45, 2.75) is 6.10 Å². The summed E-state index contributed by atoms with van der Waals surface area (Å²) in [6.07, 6.45) is -0.791. The van der Waals surface area contributed by atoms with Crippen molar-refractivity contribution in [1.82, 2.24) is 0 Å². The molecule has 1 unspecified atom stereocenters. The largest absolute Gasteiger partial charge is 0.484 e. The Labute approximate surface area is 99.0 Å². The summed E-state index contributed by atoms with van der Waals surface area (Å²) < 4.78 is 5.08. The third-order valence-electron chi connectivity index (χ3n) is 1.99. The molecule has 0 fully saturated rings. The van der Waals surface area contributed by atoms with Gasteiger partial charge in [-0.05, 0) is 24.3 Å². The van der Waals surface area contributed by atoms with Crippen LogP contribution in [0.25, 0.3) is 0 Å². The Hall–Kier alpha value is -1.79. The summed E-state index contributed by atoms with van der Waals surface area (Å²) in [6, 6.07) is 6.83. The Bertz CT molecular complexity index is 353. The van der Waals surface area contributed by atoms with E-state index in [-0.39, 0.29) is 19.8 Å². The monoisotopic (exact) mass is 240 g/mol. The zero-order chi connectivity index (χ0) is 12.7. The fraction of sp³-hybridized carbons (Fsp3) is 0.364. The van der Waals surface area contributed by atoms with Gasteiger partial charge in [-0.25, -0.2) is 0 Å². The number of aliphatic hydroxyl groups excluding tert-OH is 2. The van der Waals surface area contributed by atoms with Crippen molar-refractivity contribution in [3.05, 3.63) is 24.3 Å². The Morgan fingerprint density at radius 3 is 2.59 bits per heavy atom. The third-order valence-corrected chi connectivity index (χ3v) is 1.99. The van der Waals surface area contributed by atoms with Crippen LogP contribution >= 0.6 is 0 Å². The molecule has 0 spiro atoms. The highest BCUT2D eigenvalue weighted by atomic mass is 16.5. The van der Waals surface area contributed by atoms with E-state index in [4.69, 9.17) is 20.7 Å². The molecular weight excluding hydrogens is 224 g/mol. The van der Waals surface area contributed by atoms with Crippen molar-refractivity contribution in [3.63, 3.8) is 0 Å². The second-order valence-corrected chi connectivity index (χ2v) is 3.50. The first-order valence-corrected chi connectivity index (χ1v) is 5.15. The number of primary amides is 1. The molecular formula is C11H16N2O4. The SMILES string of the molecule is NC(=O)COc1ccc(NCC(O)CO)cc1. The fourth-order valence-electron chi connectivity index (χ4n) is 1.12. The number of carbonyl (C=O) groups excluding carboxylic acids is 1. The van der Waals surface area contributed by atoms with Crippen LogP contribution in [0.3, 0.4) is 0 Å². The summed E-state index contributed by atoms with van der Waals surface area (Å²) in [5.74, 6) is 0.00956. The molecule has 6 heteroatoms. The molecule has 0 aliphatic carbocycles. The molecule has 0 aromatic heterocycles. The van der Waals surface area contributed by atoms with Crippen LogP contribution in [0.1, 0.15) is 0 Å². The minimum atomic E-state index is -0.791. The second kappa shape index (κ2) is 6.72. The second-order valence-electron chi connectivity index (χ2n) is 3.50. The number of amides is 1. The molecule has 1 aromatic carbocycles. The van der Waals surface area contributed by atoms with Gasteiger partial charge in [-0.3, -0.25) is 4.79 Å². The lowest BCUT2D eigenvalue weighted by atomic mass is 10.3. The topological polar surface area (TPSA) is 105 Å². The number of hydrogen-bond donors (Lipinski definition) is 4. The summed E-state index contributed by atoms with van der Waals surface area (Å²) in [6.45, 7) is -0.180. The number of nitrogens with one attached hydrogen (secondary N) is 1. The Kier molecular flexibility index (Phi) is 5.25. The van der Waals surface area contributed by atoms with Crippen molar-refractivity contribution < 1.29 is 19.7 Å². The number of anilines is 1. The lowest BCUT2D eigenvalue weighted by Crippen LogP contribution is -2.22. The fourth-order valence-corrected chi connectivity index (χ4v) is 1.12. The van der Waals surface area contributed by atoms with E-state index in [1.807, 2.05) is 0 Å². The molecule has 0 bridgehead atoms. The van der Waals surface area contributed by atoms with Crippen LogP contribution in [-0.4, -0.2) is 42.0 Å². The molecule has 1 rings (SSSR count). The molecule has 5 N–H and O–H groups in total. The van der Waals surface area contributed by atoms with Crippen molar-refractivity contribution >= 4 is 11.6 Å². The molecule has 0 saturated carbocycles. The van der Waals surface area contributed by atoms with E-state index in [1.165, 1.54) is 0 Å². The van der Waals surface area contributed by atoms with Gasteiger partial charge in [0.25, 0.3) is 5.91 Å². The lowest BCUT2D eigenvalue weighted by Gasteiger charge is -2.10. The molecule has 94 valence electrons. The third kappa shape index (κ3) is 5.19. The van der Waals surface area contributed by atoms with Crippen LogP contribution < -0.4 is 15.8 Å². The summed E-state index contributed by atoms with van der Waals surface area (Å²) in [4.78, 5) is 10.5. The zero-order valence-corrected chi connectivity index (χ0v) is 9.30. The van der Waals surface area contributed by atoms with E-state index in [1.54, 1.807) is 24.3 Å². The number of aliphatic hydroxyl groups is 2. The average molecular weight is 240 g/mol. The van der Waals surface area contributed by atoms with Gasteiger partial charge in [-0.2, -0.15) is 0 Å². The molecule has 0 aliphatic rings. The highest BCUT2D eigenvalue weighted by Gasteiger charge is 2.01. The van der Waals surface area contributed by atoms with Gasteiger partial charge in [0.15, 0.2) is 6.61 Å². The quantitative estimate of drug-likeness (QED) is 0.505. The van der Waals surface area contributed by atoms with Gasteiger partial charge < -0.3 is 26.0 Å². The lowest BCUT2D eigenvalue weighted by molar-refractivity contribution is -0.119. The summed E-state index contributed by atoms with van der Waals surface area (Å²) in [5.41, 5.74) is 5.72. The standard InChI is InChI=1S/C11H16N2O4/c12-11(16)7-17-10-3-1-8(2-4-10)13-5-9(15)6-14/h1-4,9,13-15H,5-7H2,(H2,12,16). The van der Waals surface area contributed by atoms with Crippen molar-refractivity contribution in [1.29, 1.82) is 0 Å². The van der Waals surface area contributed by atoms with Gasteiger partial charge in [0.1, 0.15) is 5.75 Å². The van der Waals surface area contributed by atoms with Gasteiger partial charge in [-0.1, -0.05) is 0 Å². The smallest absolute Gasteiger partial charge is 0.255 e. The highest BCUT2D eigenvalue weighted by Crippen LogP contribution is 2.15. The highest BCUT2D eigenvalue weighted by molar-refractivity contribution is 5.75. The number of rotatable bonds is 7. The molecule has 17 heavy (non-hydrogen) atoms. The summed E-state index contributed by atoms with van der Waals surface area (Å²) in [7, 11) is 0. The molecule has 6 nitrogen and oxygen atoms in total. The minimum Gasteiger partial charge on any atom is -0.484 e. The van der Waals surface area contributed by atoms with E-state index in [0.717, 1.165) is 5.69 Å². The maximum Gasteiger partial charge on any atom is 0.255 e. The minimum absolute atomic E-state index is 0.157. The molecule has 0 heterocycles. The van der Waals surface area contributed by atoms with Gasteiger partial charge in [-0.15, -0.1) is 0 Å². The molecule has 0 saturated heterocycles. The van der Waals surface area contributed by atoms with E-state index < -0.39 is 12.0 Å². The molecule has 1 atom stereocenters. The van der Waals surface area contributed by atoms with Crippen molar-refractivity contribution in [2.75, 3.05) is 25.1 Å². The number of carbonyl (C=O) groups is 1. The maximum atomic E-state index is 10.5. The average Bonchev–Trinajstić information content (AvgIpc) is 2.34. The number of nitrogens with two attached hydrogens (primary N) is 1. The van der Waals surface area contributed by atoms with Crippen LogP contribution in [0.4, 0.5) is 5.69 Å². The van der Waals surface area contributed by atoms with Crippen LogP contribution in [0, 0.1) is 0 Å². The Morgan fingerprint density at radius 1 is 1.41 bits per heavy atom. The van der Waals surface area contributed by atoms with Gasteiger partial charge >= 0.3 is 0 Å². The van der Waals surface area contributed by atoms with Crippen LogP contribution in [-0.2, 0) is 4.79 Å². The first-order valence-electron chi connectivity index (χ1n) is 5.15. The molecule has 0 radical (unpaired) electrons. The first-order chi connectivity index (χ1) is 8.11. The molecule has 1 amide bonds. The van der Waals surface area contributed by atoms with Gasteiger partial charge in [0.05, 0.1) is 12.7 Å². The Balaban J connectivity index is 2.41. The predicted molar refractivity (Wildman–Crippen MR) is 62.7 cm³/mol. The zero-order valence-electron chi connectivity index (χ0n) is 9.30.